The number of benzene rings is 2. The van der Waals surface area contributed by atoms with Gasteiger partial charge in [-0.1, -0.05) is 0 Å². The number of amides is 1. The second-order valence-corrected chi connectivity index (χ2v) is 5.08. The number of carbonyl (C=O) groups is 1. The van der Waals surface area contributed by atoms with E-state index in [2.05, 4.69) is 5.32 Å². The highest BCUT2D eigenvalue weighted by atomic mass is 19.1. The lowest BCUT2D eigenvalue weighted by molar-refractivity contribution is 0.0952. The summed E-state index contributed by atoms with van der Waals surface area (Å²) in [6.07, 6.45) is 0. The SMILES string of the molecule is COc1cc2c(cc1F)-c1cc(C)c(N)cc1CNC2=O. The Morgan fingerprint density at radius 2 is 1.95 bits per heavy atom. The number of nitrogens with one attached hydrogen (secondary N) is 1. The first kappa shape index (κ1) is 13.4. The molecule has 3 rings (SSSR count). The number of nitrogens with two attached hydrogens (primary N) is 1. The second-order valence-electron chi connectivity index (χ2n) is 5.08. The Balaban J connectivity index is 2.32. The molecule has 108 valence electrons. The van der Waals surface area contributed by atoms with Gasteiger partial charge in [-0.2, -0.15) is 0 Å². The molecule has 1 amide bonds. The Morgan fingerprint density at radius 3 is 2.67 bits per heavy atom. The summed E-state index contributed by atoms with van der Waals surface area (Å²) in [6.45, 7) is 2.24. The van der Waals surface area contributed by atoms with Gasteiger partial charge in [0, 0.05) is 12.2 Å². The highest BCUT2D eigenvalue weighted by Crippen LogP contribution is 2.35. The molecule has 0 saturated heterocycles. The van der Waals surface area contributed by atoms with Crippen LogP contribution in [0.25, 0.3) is 11.1 Å². The molecule has 0 aliphatic carbocycles. The van der Waals surface area contributed by atoms with E-state index in [1.54, 1.807) is 0 Å². The zero-order valence-corrected chi connectivity index (χ0v) is 11.8. The fraction of sp³-hybridized carbons (Fsp3) is 0.188. The number of anilines is 1. The van der Waals surface area contributed by atoms with Crippen molar-refractivity contribution in [3.63, 3.8) is 0 Å². The maximum atomic E-state index is 14.0. The molecule has 0 atom stereocenters. The molecule has 5 heteroatoms. The minimum Gasteiger partial charge on any atom is -0.494 e. The van der Waals surface area contributed by atoms with Gasteiger partial charge in [0.2, 0.25) is 0 Å². The Hall–Kier alpha value is -2.56. The molecule has 0 fully saturated rings. The number of hydrogen-bond donors (Lipinski definition) is 2. The molecule has 1 aliphatic rings. The summed E-state index contributed by atoms with van der Waals surface area (Å²) in [5, 5.41) is 2.80. The van der Waals surface area contributed by atoms with Crippen molar-refractivity contribution in [2.24, 2.45) is 0 Å². The summed E-state index contributed by atoms with van der Waals surface area (Å²) in [5.74, 6) is -0.693. The molecule has 2 aromatic carbocycles. The van der Waals surface area contributed by atoms with Crippen LogP contribution < -0.4 is 15.8 Å². The lowest BCUT2D eigenvalue weighted by Gasteiger charge is -2.12. The summed E-state index contributed by atoms with van der Waals surface area (Å²) in [7, 11) is 1.37. The maximum Gasteiger partial charge on any atom is 0.252 e. The van der Waals surface area contributed by atoms with E-state index >= 15 is 0 Å². The topological polar surface area (TPSA) is 64.3 Å². The number of ether oxygens (including phenoxy) is 1. The Bertz CT molecular complexity index is 756. The Morgan fingerprint density at radius 1 is 1.19 bits per heavy atom. The number of rotatable bonds is 1. The van der Waals surface area contributed by atoms with Gasteiger partial charge in [0.05, 0.1) is 12.7 Å². The number of carbonyl (C=O) groups excluding carboxylic acids is 1. The number of nitrogen functional groups attached to an aromatic ring is 1. The van der Waals surface area contributed by atoms with Crippen LogP contribution in [0.2, 0.25) is 0 Å². The second kappa shape index (κ2) is 4.77. The molecule has 0 radical (unpaired) electrons. The van der Waals surface area contributed by atoms with Crippen LogP contribution >= 0.6 is 0 Å². The third-order valence-corrected chi connectivity index (χ3v) is 3.76. The van der Waals surface area contributed by atoms with Gasteiger partial charge >= 0.3 is 0 Å². The highest BCUT2D eigenvalue weighted by molar-refractivity contribution is 6.03. The summed E-state index contributed by atoms with van der Waals surface area (Å²) in [4.78, 5) is 12.2. The Kier molecular flexibility index (Phi) is 3.05. The monoisotopic (exact) mass is 286 g/mol. The third-order valence-electron chi connectivity index (χ3n) is 3.76. The first-order chi connectivity index (χ1) is 10.0. The van der Waals surface area contributed by atoms with Crippen molar-refractivity contribution in [2.75, 3.05) is 12.8 Å². The van der Waals surface area contributed by atoms with E-state index in [1.165, 1.54) is 19.2 Å². The summed E-state index contributed by atoms with van der Waals surface area (Å²) < 4.78 is 19.0. The van der Waals surface area contributed by atoms with E-state index in [1.807, 2.05) is 19.1 Å². The normalized spacial score (nSPS) is 13.0. The van der Waals surface area contributed by atoms with E-state index in [4.69, 9.17) is 10.5 Å². The first-order valence-electron chi connectivity index (χ1n) is 6.56. The minimum atomic E-state index is -0.494. The number of fused-ring (bicyclic) bond motifs is 3. The summed E-state index contributed by atoms with van der Waals surface area (Å²) >= 11 is 0. The predicted octanol–water partition coefficient (Wildman–Crippen LogP) is 2.64. The molecule has 0 aromatic heterocycles. The van der Waals surface area contributed by atoms with Crippen LogP contribution in [0.5, 0.6) is 5.75 Å². The van der Waals surface area contributed by atoms with Crippen LogP contribution in [0.1, 0.15) is 21.5 Å². The molecule has 0 spiro atoms. The number of methoxy groups -OCH3 is 1. The molecular formula is C16H15FN2O2. The van der Waals surface area contributed by atoms with Crippen molar-refractivity contribution >= 4 is 11.6 Å². The molecule has 2 aromatic rings. The van der Waals surface area contributed by atoms with Crippen molar-refractivity contribution in [3.05, 3.63) is 46.8 Å². The average Bonchev–Trinajstić information content (AvgIpc) is 2.58. The molecule has 3 N–H and O–H groups in total. The van der Waals surface area contributed by atoms with E-state index in [-0.39, 0.29) is 11.7 Å². The molecule has 1 heterocycles. The zero-order valence-electron chi connectivity index (χ0n) is 11.8. The van der Waals surface area contributed by atoms with Crippen molar-refractivity contribution in [2.45, 2.75) is 13.5 Å². The van der Waals surface area contributed by atoms with Crippen LogP contribution in [0.15, 0.2) is 24.3 Å². The molecule has 0 saturated carbocycles. The van der Waals surface area contributed by atoms with Crippen LogP contribution in [0.3, 0.4) is 0 Å². The van der Waals surface area contributed by atoms with Gasteiger partial charge in [-0.15, -0.1) is 0 Å². The Labute approximate surface area is 121 Å². The molecule has 4 nitrogen and oxygen atoms in total. The fourth-order valence-corrected chi connectivity index (χ4v) is 2.56. The number of hydrogen-bond acceptors (Lipinski definition) is 3. The van der Waals surface area contributed by atoms with Gasteiger partial charge in [-0.25, -0.2) is 4.39 Å². The lowest BCUT2D eigenvalue weighted by Crippen LogP contribution is -2.21. The quantitative estimate of drug-likeness (QED) is 0.792. The molecule has 0 bridgehead atoms. The molecule has 0 unspecified atom stereocenters. The average molecular weight is 286 g/mol. The lowest BCUT2D eigenvalue weighted by atomic mass is 9.94. The standard InChI is InChI=1S/C16H15FN2O2/c1-8-3-10-9(4-14(8)18)7-19-16(20)12-6-15(21-2)13(17)5-11(10)12/h3-6H,7,18H2,1-2H3,(H,19,20). The third kappa shape index (κ3) is 2.11. The van der Waals surface area contributed by atoms with Gasteiger partial charge in [0.15, 0.2) is 11.6 Å². The summed E-state index contributed by atoms with van der Waals surface area (Å²) in [5.41, 5.74) is 10.1. The van der Waals surface area contributed by atoms with Gasteiger partial charge in [-0.05, 0) is 53.4 Å². The van der Waals surface area contributed by atoms with E-state index in [0.29, 0.717) is 23.4 Å². The van der Waals surface area contributed by atoms with Gasteiger partial charge in [-0.3, -0.25) is 4.79 Å². The molecule has 1 aliphatic heterocycles. The summed E-state index contributed by atoms with van der Waals surface area (Å²) in [6, 6.07) is 6.48. The molecule has 21 heavy (non-hydrogen) atoms. The van der Waals surface area contributed by atoms with Crippen molar-refractivity contribution < 1.29 is 13.9 Å². The maximum absolute atomic E-state index is 14.0. The molecular weight excluding hydrogens is 271 g/mol. The van der Waals surface area contributed by atoms with Gasteiger partial charge in [0.25, 0.3) is 5.91 Å². The van der Waals surface area contributed by atoms with E-state index < -0.39 is 5.82 Å². The fourth-order valence-electron chi connectivity index (χ4n) is 2.56. The predicted molar refractivity (Wildman–Crippen MR) is 78.7 cm³/mol. The van der Waals surface area contributed by atoms with Crippen LogP contribution in [0, 0.1) is 12.7 Å². The van der Waals surface area contributed by atoms with E-state index in [0.717, 1.165) is 16.7 Å². The van der Waals surface area contributed by atoms with Gasteiger partial charge < -0.3 is 15.8 Å². The van der Waals surface area contributed by atoms with Crippen LogP contribution in [-0.4, -0.2) is 13.0 Å². The van der Waals surface area contributed by atoms with Crippen molar-refractivity contribution in [1.82, 2.24) is 5.32 Å². The van der Waals surface area contributed by atoms with Crippen LogP contribution in [-0.2, 0) is 6.54 Å². The van der Waals surface area contributed by atoms with E-state index in [9.17, 15) is 9.18 Å². The highest BCUT2D eigenvalue weighted by Gasteiger charge is 2.23. The smallest absolute Gasteiger partial charge is 0.252 e. The number of aryl methyl sites for hydroxylation is 1. The van der Waals surface area contributed by atoms with Crippen molar-refractivity contribution in [1.29, 1.82) is 0 Å². The number of halogens is 1. The minimum absolute atomic E-state index is 0.0551. The zero-order chi connectivity index (χ0) is 15.1. The van der Waals surface area contributed by atoms with Crippen LogP contribution in [0.4, 0.5) is 10.1 Å². The first-order valence-corrected chi connectivity index (χ1v) is 6.56. The van der Waals surface area contributed by atoms with Gasteiger partial charge in [0.1, 0.15) is 0 Å². The van der Waals surface area contributed by atoms with Crippen molar-refractivity contribution in [3.8, 4) is 16.9 Å². The largest absolute Gasteiger partial charge is 0.494 e.